The fourth-order valence-corrected chi connectivity index (χ4v) is 3.26. The summed E-state index contributed by atoms with van der Waals surface area (Å²) in [5.41, 5.74) is -0.470. The van der Waals surface area contributed by atoms with Crippen molar-refractivity contribution >= 4 is 22.9 Å². The van der Waals surface area contributed by atoms with Crippen molar-refractivity contribution in [3.63, 3.8) is 0 Å². The molecule has 1 aliphatic heterocycles. The van der Waals surface area contributed by atoms with Crippen LogP contribution in [0, 0.1) is 0 Å². The van der Waals surface area contributed by atoms with Gasteiger partial charge in [0, 0.05) is 18.0 Å². The van der Waals surface area contributed by atoms with Gasteiger partial charge in [0.1, 0.15) is 0 Å². The number of hydrogen-bond acceptors (Lipinski definition) is 3. The van der Waals surface area contributed by atoms with E-state index in [9.17, 15) is 5.11 Å². The molecule has 1 saturated heterocycles. The van der Waals surface area contributed by atoms with Gasteiger partial charge in [-0.15, -0.1) is 11.3 Å². The zero-order chi connectivity index (χ0) is 11.6. The number of rotatable bonds is 2. The Bertz CT molecular complexity index is 351. The van der Waals surface area contributed by atoms with Crippen molar-refractivity contribution in [2.45, 2.75) is 38.3 Å². The second-order valence-corrected chi connectivity index (χ2v) is 6.63. The zero-order valence-electron chi connectivity index (χ0n) is 9.58. The van der Waals surface area contributed by atoms with E-state index in [1.165, 1.54) is 4.88 Å². The first-order chi connectivity index (χ1) is 7.55. The Kier molecular flexibility index (Phi) is 3.90. The molecule has 1 fully saturated rings. The third-order valence-electron chi connectivity index (χ3n) is 3.16. The summed E-state index contributed by atoms with van der Waals surface area (Å²) in [5, 5.41) is 10.00. The van der Waals surface area contributed by atoms with Crippen molar-refractivity contribution in [2.75, 3.05) is 13.1 Å². The molecule has 1 aromatic heterocycles. The third-order valence-corrected chi connectivity index (χ3v) is 4.38. The van der Waals surface area contributed by atoms with Gasteiger partial charge in [-0.2, -0.15) is 0 Å². The molecule has 0 aliphatic carbocycles. The van der Waals surface area contributed by atoms with Gasteiger partial charge in [0.15, 0.2) is 0 Å². The van der Waals surface area contributed by atoms with Crippen molar-refractivity contribution in [1.82, 2.24) is 4.90 Å². The van der Waals surface area contributed by atoms with E-state index < -0.39 is 5.60 Å². The first-order valence-electron chi connectivity index (χ1n) is 5.74. The van der Waals surface area contributed by atoms with Crippen LogP contribution < -0.4 is 0 Å². The van der Waals surface area contributed by atoms with Crippen molar-refractivity contribution in [3.8, 4) is 0 Å². The first-order valence-corrected chi connectivity index (χ1v) is 6.94. The molecule has 0 aromatic carbocycles. The summed E-state index contributed by atoms with van der Waals surface area (Å²) in [4.78, 5) is 3.72. The molecule has 1 aromatic rings. The highest BCUT2D eigenvalue weighted by atomic mass is 35.5. The molecule has 0 spiro atoms. The number of halogens is 1. The van der Waals surface area contributed by atoms with Crippen LogP contribution in [0.5, 0.6) is 0 Å². The third kappa shape index (κ3) is 3.45. The minimum atomic E-state index is -0.470. The maximum absolute atomic E-state index is 10.00. The summed E-state index contributed by atoms with van der Waals surface area (Å²) in [6, 6.07) is 4.05. The van der Waals surface area contributed by atoms with Gasteiger partial charge in [-0.05, 0) is 44.9 Å². The van der Waals surface area contributed by atoms with Gasteiger partial charge in [0.25, 0.3) is 0 Å². The van der Waals surface area contributed by atoms with Gasteiger partial charge in [-0.3, -0.25) is 4.90 Å². The number of aliphatic hydroxyl groups is 1. The molecule has 0 radical (unpaired) electrons. The van der Waals surface area contributed by atoms with Crippen LogP contribution in [0.4, 0.5) is 0 Å². The predicted molar refractivity (Wildman–Crippen MR) is 69.1 cm³/mol. The SMILES string of the molecule is CC1(O)CCCN(Cc2ccc(Cl)s2)CC1. The van der Waals surface area contributed by atoms with E-state index in [0.717, 1.165) is 43.2 Å². The standard InChI is InChI=1S/C12H18ClNOS/c1-12(15)5-2-7-14(8-6-12)9-10-3-4-11(13)16-10/h3-4,15H,2,5-9H2,1H3. The Morgan fingerprint density at radius 2 is 2.25 bits per heavy atom. The molecular formula is C12H18ClNOS. The molecule has 0 bridgehead atoms. The minimum absolute atomic E-state index is 0.470. The largest absolute Gasteiger partial charge is 0.390 e. The van der Waals surface area contributed by atoms with Gasteiger partial charge in [-0.25, -0.2) is 0 Å². The van der Waals surface area contributed by atoms with Crippen LogP contribution in [0.3, 0.4) is 0 Å². The quantitative estimate of drug-likeness (QED) is 0.882. The van der Waals surface area contributed by atoms with Gasteiger partial charge in [0.05, 0.1) is 9.94 Å². The lowest BCUT2D eigenvalue weighted by molar-refractivity contribution is 0.0444. The summed E-state index contributed by atoms with van der Waals surface area (Å²) in [7, 11) is 0. The van der Waals surface area contributed by atoms with Crippen LogP contribution in [0.2, 0.25) is 4.34 Å². The van der Waals surface area contributed by atoms with E-state index in [-0.39, 0.29) is 0 Å². The highest BCUT2D eigenvalue weighted by Gasteiger charge is 2.24. The number of likely N-dealkylation sites (tertiary alicyclic amines) is 1. The topological polar surface area (TPSA) is 23.5 Å². The van der Waals surface area contributed by atoms with E-state index in [1.54, 1.807) is 11.3 Å². The number of hydrogen-bond donors (Lipinski definition) is 1. The zero-order valence-corrected chi connectivity index (χ0v) is 11.2. The lowest BCUT2D eigenvalue weighted by Crippen LogP contribution is -2.27. The fourth-order valence-electron chi connectivity index (χ4n) is 2.13. The van der Waals surface area contributed by atoms with Crippen LogP contribution in [0.15, 0.2) is 12.1 Å². The summed E-state index contributed by atoms with van der Waals surface area (Å²) >= 11 is 7.56. The summed E-state index contributed by atoms with van der Waals surface area (Å²) in [5.74, 6) is 0. The lowest BCUT2D eigenvalue weighted by atomic mass is 9.98. The average Bonchev–Trinajstić information content (AvgIpc) is 2.52. The average molecular weight is 260 g/mol. The Morgan fingerprint density at radius 1 is 1.44 bits per heavy atom. The first kappa shape index (κ1) is 12.4. The normalized spacial score (nSPS) is 27.9. The Balaban J connectivity index is 1.91. The predicted octanol–water partition coefficient (Wildman–Crippen LogP) is 3.14. The summed E-state index contributed by atoms with van der Waals surface area (Å²) < 4.78 is 0.858. The molecule has 16 heavy (non-hydrogen) atoms. The van der Waals surface area contributed by atoms with E-state index >= 15 is 0 Å². The maximum atomic E-state index is 10.00. The van der Waals surface area contributed by atoms with E-state index in [0.29, 0.717) is 0 Å². The fraction of sp³-hybridized carbons (Fsp3) is 0.667. The maximum Gasteiger partial charge on any atom is 0.0931 e. The van der Waals surface area contributed by atoms with Crippen molar-refractivity contribution < 1.29 is 5.11 Å². The van der Waals surface area contributed by atoms with Crippen LogP contribution in [-0.2, 0) is 6.54 Å². The highest BCUT2D eigenvalue weighted by Crippen LogP contribution is 2.26. The van der Waals surface area contributed by atoms with Gasteiger partial charge in [-0.1, -0.05) is 11.6 Å². The highest BCUT2D eigenvalue weighted by molar-refractivity contribution is 7.16. The molecule has 2 nitrogen and oxygen atoms in total. The Hall–Kier alpha value is -0.0900. The molecule has 1 unspecified atom stereocenters. The van der Waals surface area contributed by atoms with Crippen molar-refractivity contribution in [1.29, 1.82) is 0 Å². The molecule has 1 N–H and O–H groups in total. The number of nitrogens with zero attached hydrogens (tertiary/aromatic N) is 1. The van der Waals surface area contributed by atoms with Crippen LogP contribution in [-0.4, -0.2) is 28.7 Å². The van der Waals surface area contributed by atoms with Crippen LogP contribution in [0.1, 0.15) is 31.1 Å². The van der Waals surface area contributed by atoms with E-state index in [4.69, 9.17) is 11.6 Å². The molecular weight excluding hydrogens is 242 g/mol. The summed E-state index contributed by atoms with van der Waals surface area (Å²) in [6.07, 6.45) is 2.85. The van der Waals surface area contributed by atoms with Crippen molar-refractivity contribution in [2.24, 2.45) is 0 Å². The van der Waals surface area contributed by atoms with Crippen molar-refractivity contribution in [3.05, 3.63) is 21.3 Å². The molecule has 4 heteroatoms. The second-order valence-electron chi connectivity index (χ2n) is 4.83. The molecule has 1 aliphatic rings. The van der Waals surface area contributed by atoms with Crippen LogP contribution in [0.25, 0.3) is 0 Å². The number of thiophene rings is 1. The lowest BCUT2D eigenvalue weighted by Gasteiger charge is -2.21. The Labute approximate surface area is 106 Å². The summed E-state index contributed by atoms with van der Waals surface area (Å²) in [6.45, 7) is 4.96. The van der Waals surface area contributed by atoms with E-state index in [1.807, 2.05) is 13.0 Å². The molecule has 2 heterocycles. The van der Waals surface area contributed by atoms with Crippen LogP contribution >= 0.6 is 22.9 Å². The molecule has 0 saturated carbocycles. The smallest absolute Gasteiger partial charge is 0.0931 e. The van der Waals surface area contributed by atoms with Gasteiger partial charge >= 0.3 is 0 Å². The monoisotopic (exact) mass is 259 g/mol. The second kappa shape index (κ2) is 5.05. The Morgan fingerprint density at radius 3 is 2.94 bits per heavy atom. The van der Waals surface area contributed by atoms with E-state index in [2.05, 4.69) is 11.0 Å². The molecule has 90 valence electrons. The van der Waals surface area contributed by atoms with Gasteiger partial charge in [0.2, 0.25) is 0 Å². The van der Waals surface area contributed by atoms with Gasteiger partial charge < -0.3 is 5.11 Å². The minimum Gasteiger partial charge on any atom is -0.390 e. The molecule has 2 rings (SSSR count). The molecule has 0 amide bonds. The molecule has 1 atom stereocenters.